The van der Waals surface area contributed by atoms with Gasteiger partial charge in [0, 0.05) is 24.9 Å². The number of rotatable bonds is 7. The van der Waals surface area contributed by atoms with Gasteiger partial charge in [0.05, 0.1) is 6.61 Å². The van der Waals surface area contributed by atoms with Crippen LogP contribution in [-0.2, 0) is 22.6 Å². The third-order valence-electron chi connectivity index (χ3n) is 3.54. The SMILES string of the molecule is CCOC(=O)C=C(C)N(Cc1ccccc1)Cc1ccccc1. The molecule has 0 saturated heterocycles. The predicted molar refractivity (Wildman–Crippen MR) is 92.5 cm³/mol. The quantitative estimate of drug-likeness (QED) is 0.568. The Labute approximate surface area is 138 Å². The summed E-state index contributed by atoms with van der Waals surface area (Å²) in [4.78, 5) is 13.9. The van der Waals surface area contributed by atoms with Crippen molar-refractivity contribution in [2.24, 2.45) is 0 Å². The number of nitrogens with zero attached hydrogens (tertiary/aromatic N) is 1. The molecule has 0 aliphatic carbocycles. The third-order valence-corrected chi connectivity index (χ3v) is 3.54. The summed E-state index contributed by atoms with van der Waals surface area (Å²) < 4.78 is 5.02. The largest absolute Gasteiger partial charge is 0.463 e. The van der Waals surface area contributed by atoms with Crippen molar-refractivity contribution in [2.75, 3.05) is 6.61 Å². The highest BCUT2D eigenvalue weighted by Crippen LogP contribution is 2.15. The second-order valence-electron chi connectivity index (χ2n) is 5.37. The van der Waals surface area contributed by atoms with Crippen LogP contribution in [0.1, 0.15) is 25.0 Å². The zero-order valence-electron chi connectivity index (χ0n) is 13.7. The number of carbonyl (C=O) groups excluding carboxylic acids is 1. The summed E-state index contributed by atoms with van der Waals surface area (Å²) in [7, 11) is 0. The van der Waals surface area contributed by atoms with Gasteiger partial charge in [-0.25, -0.2) is 4.79 Å². The highest BCUT2D eigenvalue weighted by molar-refractivity contribution is 5.82. The highest BCUT2D eigenvalue weighted by atomic mass is 16.5. The van der Waals surface area contributed by atoms with Gasteiger partial charge in [-0.05, 0) is 25.0 Å². The summed E-state index contributed by atoms with van der Waals surface area (Å²) in [6, 6.07) is 20.5. The van der Waals surface area contributed by atoms with Gasteiger partial charge in [0.2, 0.25) is 0 Å². The molecule has 0 amide bonds. The molecule has 0 spiro atoms. The molecular formula is C20H23NO2. The molecule has 0 saturated carbocycles. The Morgan fingerprint density at radius 2 is 1.43 bits per heavy atom. The minimum absolute atomic E-state index is 0.295. The Hall–Kier alpha value is -2.55. The lowest BCUT2D eigenvalue weighted by Crippen LogP contribution is -2.22. The summed E-state index contributed by atoms with van der Waals surface area (Å²) >= 11 is 0. The van der Waals surface area contributed by atoms with E-state index >= 15 is 0 Å². The van der Waals surface area contributed by atoms with Crippen LogP contribution in [0.15, 0.2) is 72.4 Å². The van der Waals surface area contributed by atoms with Crippen LogP contribution in [0.3, 0.4) is 0 Å². The molecule has 3 nitrogen and oxygen atoms in total. The van der Waals surface area contributed by atoms with Crippen molar-refractivity contribution in [3.05, 3.63) is 83.6 Å². The Balaban J connectivity index is 2.18. The number of ether oxygens (including phenoxy) is 1. The number of hydrogen-bond acceptors (Lipinski definition) is 3. The van der Waals surface area contributed by atoms with Gasteiger partial charge >= 0.3 is 5.97 Å². The Bertz CT molecular complexity index is 594. The molecule has 0 unspecified atom stereocenters. The van der Waals surface area contributed by atoms with E-state index in [0.29, 0.717) is 6.61 Å². The molecule has 0 aliphatic heterocycles. The fourth-order valence-electron chi connectivity index (χ4n) is 2.36. The highest BCUT2D eigenvalue weighted by Gasteiger charge is 2.10. The monoisotopic (exact) mass is 309 g/mol. The third kappa shape index (κ3) is 5.62. The van der Waals surface area contributed by atoms with Gasteiger partial charge in [0.25, 0.3) is 0 Å². The maximum absolute atomic E-state index is 11.7. The second-order valence-corrected chi connectivity index (χ2v) is 5.37. The van der Waals surface area contributed by atoms with Crippen molar-refractivity contribution in [1.29, 1.82) is 0 Å². The average molecular weight is 309 g/mol. The molecule has 0 heterocycles. The van der Waals surface area contributed by atoms with E-state index in [9.17, 15) is 4.79 Å². The van der Waals surface area contributed by atoms with Gasteiger partial charge in [-0.2, -0.15) is 0 Å². The molecule has 0 atom stereocenters. The van der Waals surface area contributed by atoms with Crippen molar-refractivity contribution in [1.82, 2.24) is 4.90 Å². The Morgan fingerprint density at radius 3 is 1.87 bits per heavy atom. The Morgan fingerprint density at radius 1 is 0.957 bits per heavy atom. The molecule has 0 aliphatic rings. The topological polar surface area (TPSA) is 29.5 Å². The van der Waals surface area contributed by atoms with Crippen LogP contribution in [0, 0.1) is 0 Å². The summed E-state index contributed by atoms with van der Waals surface area (Å²) in [5.41, 5.74) is 3.32. The van der Waals surface area contributed by atoms with E-state index in [2.05, 4.69) is 29.2 Å². The van der Waals surface area contributed by atoms with E-state index in [1.165, 1.54) is 11.1 Å². The normalized spacial score (nSPS) is 11.1. The van der Waals surface area contributed by atoms with Gasteiger partial charge in [-0.15, -0.1) is 0 Å². The van der Waals surface area contributed by atoms with E-state index in [1.54, 1.807) is 6.08 Å². The number of benzene rings is 2. The molecule has 3 heteroatoms. The van der Waals surface area contributed by atoms with Crippen LogP contribution in [0.25, 0.3) is 0 Å². The zero-order valence-corrected chi connectivity index (χ0v) is 13.7. The van der Waals surface area contributed by atoms with Gasteiger partial charge < -0.3 is 9.64 Å². The van der Waals surface area contributed by atoms with Crippen LogP contribution in [0.5, 0.6) is 0 Å². The van der Waals surface area contributed by atoms with Gasteiger partial charge in [0.1, 0.15) is 0 Å². The van der Waals surface area contributed by atoms with Gasteiger partial charge in [0.15, 0.2) is 0 Å². The first kappa shape index (κ1) is 16.8. The second kappa shape index (κ2) is 8.79. The molecule has 2 rings (SSSR count). The van der Waals surface area contributed by atoms with Crippen molar-refractivity contribution in [2.45, 2.75) is 26.9 Å². The standard InChI is InChI=1S/C20H23NO2/c1-3-23-20(22)14-17(2)21(15-18-10-6-4-7-11-18)16-19-12-8-5-9-13-19/h4-14H,3,15-16H2,1-2H3. The van der Waals surface area contributed by atoms with Crippen molar-refractivity contribution in [3.63, 3.8) is 0 Å². The summed E-state index contributed by atoms with van der Waals surface area (Å²) in [5.74, 6) is -0.295. The van der Waals surface area contributed by atoms with Gasteiger partial charge in [-0.3, -0.25) is 0 Å². The zero-order chi connectivity index (χ0) is 16.5. The van der Waals surface area contributed by atoms with Gasteiger partial charge in [-0.1, -0.05) is 60.7 Å². The Kier molecular flexibility index (Phi) is 6.42. The minimum atomic E-state index is -0.295. The molecule has 0 radical (unpaired) electrons. The van der Waals surface area contributed by atoms with Crippen molar-refractivity contribution >= 4 is 5.97 Å². The number of hydrogen-bond donors (Lipinski definition) is 0. The number of carbonyl (C=O) groups is 1. The molecule has 0 bridgehead atoms. The predicted octanol–water partition coefficient (Wildman–Crippen LogP) is 4.16. The first-order valence-electron chi connectivity index (χ1n) is 7.87. The molecule has 0 fully saturated rings. The van der Waals surface area contributed by atoms with E-state index < -0.39 is 0 Å². The average Bonchev–Trinajstić information content (AvgIpc) is 2.56. The molecule has 2 aromatic carbocycles. The fraction of sp³-hybridized carbons (Fsp3) is 0.250. The van der Waals surface area contributed by atoms with Crippen molar-refractivity contribution < 1.29 is 9.53 Å². The van der Waals surface area contributed by atoms with Crippen LogP contribution in [-0.4, -0.2) is 17.5 Å². The first-order chi connectivity index (χ1) is 11.2. The summed E-state index contributed by atoms with van der Waals surface area (Å²) in [5, 5.41) is 0. The fourth-order valence-corrected chi connectivity index (χ4v) is 2.36. The van der Waals surface area contributed by atoms with Crippen LogP contribution in [0.4, 0.5) is 0 Å². The number of esters is 1. The summed E-state index contributed by atoms with van der Waals surface area (Å²) in [6.07, 6.45) is 1.56. The van der Waals surface area contributed by atoms with E-state index in [-0.39, 0.29) is 5.97 Å². The summed E-state index contributed by atoms with van der Waals surface area (Å²) in [6.45, 7) is 5.64. The van der Waals surface area contributed by atoms with Crippen LogP contribution in [0.2, 0.25) is 0 Å². The molecule has 0 N–H and O–H groups in total. The molecule has 23 heavy (non-hydrogen) atoms. The molecule has 0 aromatic heterocycles. The van der Waals surface area contributed by atoms with Crippen LogP contribution >= 0.6 is 0 Å². The molecule has 120 valence electrons. The smallest absolute Gasteiger partial charge is 0.332 e. The van der Waals surface area contributed by atoms with E-state index in [1.807, 2.05) is 50.2 Å². The van der Waals surface area contributed by atoms with E-state index in [0.717, 1.165) is 18.8 Å². The lowest BCUT2D eigenvalue weighted by atomic mass is 10.1. The number of allylic oxidation sites excluding steroid dienone is 1. The lowest BCUT2D eigenvalue weighted by molar-refractivity contribution is -0.137. The van der Waals surface area contributed by atoms with Crippen molar-refractivity contribution in [3.8, 4) is 0 Å². The molecular weight excluding hydrogens is 286 g/mol. The maximum atomic E-state index is 11.7. The van der Waals surface area contributed by atoms with Crippen LogP contribution < -0.4 is 0 Å². The first-order valence-corrected chi connectivity index (χ1v) is 7.87. The maximum Gasteiger partial charge on any atom is 0.332 e. The minimum Gasteiger partial charge on any atom is -0.463 e. The van der Waals surface area contributed by atoms with E-state index in [4.69, 9.17) is 4.74 Å². The lowest BCUT2D eigenvalue weighted by Gasteiger charge is -2.25. The molecule has 2 aromatic rings.